The van der Waals surface area contributed by atoms with Gasteiger partial charge in [-0.1, -0.05) is 29.8 Å². The molecule has 11 heteroatoms. The number of nitrogens with zero attached hydrogens (tertiary/aromatic N) is 1. The summed E-state index contributed by atoms with van der Waals surface area (Å²) in [5, 5.41) is 3.09. The van der Waals surface area contributed by atoms with E-state index < -0.39 is 27.3 Å². The molecule has 0 bridgehead atoms. The lowest BCUT2D eigenvalue weighted by Gasteiger charge is -2.16. The molecule has 0 unspecified atom stereocenters. The van der Waals surface area contributed by atoms with Gasteiger partial charge in [0, 0.05) is 17.9 Å². The van der Waals surface area contributed by atoms with Gasteiger partial charge in [0.25, 0.3) is 11.8 Å². The maximum absolute atomic E-state index is 13.0. The highest BCUT2D eigenvalue weighted by atomic mass is 32.2. The molecule has 2 N–H and O–H groups in total. The van der Waals surface area contributed by atoms with Crippen LogP contribution in [0.3, 0.4) is 0 Å². The van der Waals surface area contributed by atoms with Gasteiger partial charge in [-0.2, -0.15) is 21.6 Å². The fourth-order valence-electron chi connectivity index (χ4n) is 3.73. The van der Waals surface area contributed by atoms with Gasteiger partial charge in [-0.3, -0.25) is 14.3 Å². The van der Waals surface area contributed by atoms with Crippen LogP contribution < -0.4 is 14.9 Å². The summed E-state index contributed by atoms with van der Waals surface area (Å²) in [4.78, 5) is 27.1. The van der Waals surface area contributed by atoms with Gasteiger partial charge in [-0.05, 0) is 61.4 Å². The van der Waals surface area contributed by atoms with Gasteiger partial charge < -0.3 is 5.32 Å². The Labute approximate surface area is 199 Å². The largest absolute Gasteiger partial charge is 0.516 e. The molecule has 1 heterocycles. The standard InChI is InChI=1S/C24H20F3N3O4S/c1-14-3-10-21(15(2)11-14)30-22(31)19-9-8-18(12-20(19)23(30)32)28-13-16-4-6-17(7-5-16)29-35(33,34)24(25,26)27/h3-12,28-29H,13H2,1-2H3. The number of imide groups is 1. The van der Waals surface area contributed by atoms with Crippen molar-refractivity contribution in [2.45, 2.75) is 25.9 Å². The van der Waals surface area contributed by atoms with Crippen molar-refractivity contribution >= 4 is 38.9 Å². The van der Waals surface area contributed by atoms with Gasteiger partial charge in [0.2, 0.25) is 0 Å². The minimum atomic E-state index is -5.49. The summed E-state index contributed by atoms with van der Waals surface area (Å²) in [5.41, 5.74) is -1.52. The average molecular weight is 504 g/mol. The van der Waals surface area contributed by atoms with Gasteiger partial charge in [-0.15, -0.1) is 0 Å². The van der Waals surface area contributed by atoms with E-state index in [4.69, 9.17) is 0 Å². The highest BCUT2D eigenvalue weighted by Gasteiger charge is 2.46. The molecule has 3 aromatic carbocycles. The first-order valence-electron chi connectivity index (χ1n) is 10.4. The molecular weight excluding hydrogens is 483 g/mol. The van der Waals surface area contributed by atoms with Crippen LogP contribution in [-0.4, -0.2) is 25.7 Å². The third kappa shape index (κ3) is 4.72. The Morgan fingerprint density at radius 2 is 1.46 bits per heavy atom. The van der Waals surface area contributed by atoms with Crippen LogP contribution in [0.1, 0.15) is 37.4 Å². The molecule has 0 aliphatic carbocycles. The molecule has 1 aliphatic heterocycles. The number of benzene rings is 3. The Morgan fingerprint density at radius 1 is 0.829 bits per heavy atom. The third-order valence-corrected chi connectivity index (χ3v) is 6.60. The van der Waals surface area contributed by atoms with E-state index in [1.165, 1.54) is 29.0 Å². The van der Waals surface area contributed by atoms with Crippen molar-refractivity contribution in [2.24, 2.45) is 0 Å². The van der Waals surface area contributed by atoms with Gasteiger partial charge in [0.1, 0.15) is 0 Å². The zero-order valence-electron chi connectivity index (χ0n) is 18.6. The third-order valence-electron chi connectivity index (χ3n) is 5.49. The topological polar surface area (TPSA) is 95.6 Å². The summed E-state index contributed by atoms with van der Waals surface area (Å²) in [7, 11) is -5.49. The molecule has 0 spiro atoms. The first-order valence-corrected chi connectivity index (χ1v) is 11.9. The van der Waals surface area contributed by atoms with Crippen LogP contribution in [0.2, 0.25) is 0 Å². The summed E-state index contributed by atoms with van der Waals surface area (Å²) in [5.74, 6) is -0.831. The monoisotopic (exact) mass is 503 g/mol. The first-order chi connectivity index (χ1) is 16.4. The number of halogens is 3. The Morgan fingerprint density at radius 3 is 2.09 bits per heavy atom. The number of rotatable bonds is 6. The molecule has 2 amide bonds. The van der Waals surface area contributed by atoms with Crippen molar-refractivity contribution in [1.29, 1.82) is 0 Å². The molecule has 0 radical (unpaired) electrons. The SMILES string of the molecule is Cc1ccc(N2C(=O)c3ccc(NCc4ccc(NS(=O)(=O)C(F)(F)F)cc4)cc3C2=O)c(C)c1. The van der Waals surface area contributed by atoms with Crippen LogP contribution in [0, 0.1) is 13.8 Å². The number of hydrogen-bond acceptors (Lipinski definition) is 5. The molecule has 35 heavy (non-hydrogen) atoms. The number of carbonyl (C=O) groups is 2. The second-order valence-electron chi connectivity index (χ2n) is 8.10. The van der Waals surface area contributed by atoms with E-state index in [1.807, 2.05) is 26.0 Å². The molecule has 4 rings (SSSR count). The predicted octanol–water partition coefficient (Wildman–Crippen LogP) is 4.98. The van der Waals surface area contributed by atoms with Gasteiger partial charge in [-0.25, -0.2) is 4.90 Å². The average Bonchev–Trinajstić information content (AvgIpc) is 3.02. The number of alkyl halides is 3. The number of fused-ring (bicyclic) bond motifs is 1. The Balaban J connectivity index is 1.47. The molecule has 182 valence electrons. The van der Waals surface area contributed by atoms with Gasteiger partial charge in [0.05, 0.1) is 16.8 Å². The Hall–Kier alpha value is -3.86. The number of anilines is 3. The van der Waals surface area contributed by atoms with Crippen molar-refractivity contribution in [3.05, 3.63) is 88.5 Å². The maximum Gasteiger partial charge on any atom is 0.516 e. The Bertz CT molecular complexity index is 1440. The first kappa shape index (κ1) is 24.3. The fraction of sp³-hybridized carbons (Fsp3) is 0.167. The quantitative estimate of drug-likeness (QED) is 0.463. The smallest absolute Gasteiger partial charge is 0.381 e. The number of hydrogen-bond donors (Lipinski definition) is 2. The van der Waals surface area contributed by atoms with E-state index in [-0.39, 0.29) is 17.8 Å². The summed E-state index contributed by atoms with van der Waals surface area (Å²) in [6, 6.07) is 15.6. The number of carbonyl (C=O) groups excluding carboxylic acids is 2. The Kier molecular flexibility index (Phi) is 6.05. The van der Waals surface area contributed by atoms with Gasteiger partial charge in [0.15, 0.2) is 0 Å². The van der Waals surface area contributed by atoms with Crippen molar-refractivity contribution in [3.8, 4) is 0 Å². The molecule has 0 saturated heterocycles. The lowest BCUT2D eigenvalue weighted by atomic mass is 10.1. The number of amides is 2. The van der Waals surface area contributed by atoms with Crippen LogP contribution in [0.4, 0.5) is 30.2 Å². The molecule has 1 aliphatic rings. The molecule has 3 aromatic rings. The zero-order valence-corrected chi connectivity index (χ0v) is 19.4. The highest BCUT2D eigenvalue weighted by Crippen LogP contribution is 2.32. The molecular formula is C24H20F3N3O4S. The van der Waals surface area contributed by atoms with Crippen molar-refractivity contribution in [3.63, 3.8) is 0 Å². The van der Waals surface area contributed by atoms with E-state index >= 15 is 0 Å². The minimum Gasteiger partial charge on any atom is -0.381 e. The molecule has 0 saturated carbocycles. The summed E-state index contributed by atoms with van der Waals surface area (Å²) in [6.45, 7) is 4.00. The van der Waals surface area contributed by atoms with E-state index in [0.717, 1.165) is 16.0 Å². The molecule has 0 aromatic heterocycles. The number of nitrogens with one attached hydrogen (secondary N) is 2. The summed E-state index contributed by atoms with van der Waals surface area (Å²) in [6.07, 6.45) is 0. The molecule has 7 nitrogen and oxygen atoms in total. The zero-order chi connectivity index (χ0) is 25.5. The van der Waals surface area contributed by atoms with Gasteiger partial charge >= 0.3 is 15.5 Å². The number of aryl methyl sites for hydroxylation is 2. The lowest BCUT2D eigenvalue weighted by molar-refractivity contribution is -0.0429. The summed E-state index contributed by atoms with van der Waals surface area (Å²) < 4.78 is 61.4. The van der Waals surface area contributed by atoms with E-state index in [1.54, 1.807) is 24.3 Å². The van der Waals surface area contributed by atoms with E-state index in [9.17, 15) is 31.2 Å². The van der Waals surface area contributed by atoms with Crippen molar-refractivity contribution in [2.75, 3.05) is 14.9 Å². The van der Waals surface area contributed by atoms with Crippen LogP contribution >= 0.6 is 0 Å². The lowest BCUT2D eigenvalue weighted by Crippen LogP contribution is -2.30. The predicted molar refractivity (Wildman–Crippen MR) is 126 cm³/mol. The van der Waals surface area contributed by atoms with E-state index in [2.05, 4.69) is 5.32 Å². The van der Waals surface area contributed by atoms with Crippen LogP contribution in [0.25, 0.3) is 0 Å². The fourth-order valence-corrected chi connectivity index (χ4v) is 4.30. The minimum absolute atomic E-state index is 0.223. The second-order valence-corrected chi connectivity index (χ2v) is 9.77. The number of sulfonamides is 1. The summed E-state index contributed by atoms with van der Waals surface area (Å²) >= 11 is 0. The van der Waals surface area contributed by atoms with Crippen molar-refractivity contribution < 1.29 is 31.2 Å². The van der Waals surface area contributed by atoms with Crippen molar-refractivity contribution in [1.82, 2.24) is 0 Å². The normalized spacial score (nSPS) is 13.7. The molecule has 0 atom stereocenters. The highest BCUT2D eigenvalue weighted by molar-refractivity contribution is 7.93. The second kappa shape index (κ2) is 8.73. The van der Waals surface area contributed by atoms with Crippen LogP contribution in [-0.2, 0) is 16.6 Å². The van der Waals surface area contributed by atoms with Crippen LogP contribution in [0.15, 0.2) is 60.7 Å². The molecule has 0 fully saturated rings. The maximum atomic E-state index is 13.0. The van der Waals surface area contributed by atoms with Crippen LogP contribution in [0.5, 0.6) is 0 Å². The van der Waals surface area contributed by atoms with E-state index in [0.29, 0.717) is 22.5 Å².